The third kappa shape index (κ3) is 3.86. The van der Waals surface area contributed by atoms with Crippen molar-refractivity contribution in [3.63, 3.8) is 0 Å². The number of anilines is 1. The summed E-state index contributed by atoms with van der Waals surface area (Å²) in [7, 11) is 0. The molecule has 1 aliphatic heterocycles. The molecule has 1 aliphatic rings. The molecule has 1 N–H and O–H groups in total. The Morgan fingerprint density at radius 3 is 2.36 bits per heavy atom. The molecule has 25 heavy (non-hydrogen) atoms. The molecule has 1 amide bonds. The van der Waals surface area contributed by atoms with E-state index in [2.05, 4.69) is 29.6 Å². The fourth-order valence-electron chi connectivity index (χ4n) is 2.94. The van der Waals surface area contributed by atoms with Crippen molar-refractivity contribution >= 4 is 45.9 Å². The van der Waals surface area contributed by atoms with Crippen LogP contribution < -0.4 is 5.32 Å². The van der Waals surface area contributed by atoms with Crippen molar-refractivity contribution < 1.29 is 4.79 Å². The molecule has 3 aromatic rings. The molecule has 4 heteroatoms. The Labute approximate surface area is 156 Å². The van der Waals surface area contributed by atoms with Gasteiger partial charge in [-0.2, -0.15) is 0 Å². The monoisotopic (exact) mass is 365 g/mol. The molecular formula is C21H19NOS2. The first kappa shape index (κ1) is 16.6. The average molecular weight is 366 g/mol. The molecule has 0 saturated carbocycles. The van der Waals surface area contributed by atoms with Gasteiger partial charge in [-0.3, -0.25) is 4.79 Å². The van der Waals surface area contributed by atoms with Gasteiger partial charge >= 0.3 is 0 Å². The summed E-state index contributed by atoms with van der Waals surface area (Å²) in [6.07, 6.45) is 1.29. The van der Waals surface area contributed by atoms with E-state index in [0.717, 1.165) is 11.1 Å². The Balaban J connectivity index is 1.48. The van der Waals surface area contributed by atoms with Crippen LogP contribution in [0.2, 0.25) is 0 Å². The number of hydrogen-bond acceptors (Lipinski definition) is 3. The normalized spacial score (nSPS) is 15.2. The van der Waals surface area contributed by atoms with Crippen LogP contribution in [-0.4, -0.2) is 17.4 Å². The SMILES string of the molecule is O=C(Nc1ccc2ccccc2c1)c1ccc(C2SCCCS2)cc1. The van der Waals surface area contributed by atoms with Crippen molar-refractivity contribution in [2.24, 2.45) is 0 Å². The molecule has 1 heterocycles. The quantitative estimate of drug-likeness (QED) is 0.621. The van der Waals surface area contributed by atoms with Crippen LogP contribution in [0.5, 0.6) is 0 Å². The summed E-state index contributed by atoms with van der Waals surface area (Å²) in [5.41, 5.74) is 2.82. The van der Waals surface area contributed by atoms with Crippen molar-refractivity contribution in [2.75, 3.05) is 16.8 Å². The number of benzene rings is 3. The number of thioether (sulfide) groups is 2. The van der Waals surface area contributed by atoms with Gasteiger partial charge in [0, 0.05) is 11.3 Å². The van der Waals surface area contributed by atoms with Crippen LogP contribution in [0.1, 0.15) is 26.9 Å². The highest BCUT2D eigenvalue weighted by atomic mass is 32.2. The van der Waals surface area contributed by atoms with Crippen LogP contribution in [0.15, 0.2) is 66.7 Å². The van der Waals surface area contributed by atoms with E-state index in [1.807, 2.05) is 66.0 Å². The van der Waals surface area contributed by atoms with Crippen molar-refractivity contribution in [1.82, 2.24) is 0 Å². The Kier molecular flexibility index (Phi) is 4.99. The first-order valence-electron chi connectivity index (χ1n) is 8.43. The number of fused-ring (bicyclic) bond motifs is 1. The molecule has 0 bridgehead atoms. The molecule has 126 valence electrons. The Morgan fingerprint density at radius 2 is 1.60 bits per heavy atom. The Hall–Kier alpha value is -1.91. The molecule has 0 spiro atoms. The lowest BCUT2D eigenvalue weighted by Gasteiger charge is -2.21. The first-order chi connectivity index (χ1) is 12.3. The van der Waals surface area contributed by atoms with Gasteiger partial charge in [0.1, 0.15) is 0 Å². The van der Waals surface area contributed by atoms with Crippen molar-refractivity contribution in [3.8, 4) is 0 Å². The van der Waals surface area contributed by atoms with Gasteiger partial charge in [0.2, 0.25) is 0 Å². The Bertz CT molecular complexity index is 886. The highest BCUT2D eigenvalue weighted by molar-refractivity contribution is 8.16. The number of nitrogens with one attached hydrogen (secondary N) is 1. The molecule has 0 radical (unpaired) electrons. The number of hydrogen-bond donors (Lipinski definition) is 1. The van der Waals surface area contributed by atoms with E-state index in [-0.39, 0.29) is 5.91 Å². The first-order valence-corrected chi connectivity index (χ1v) is 10.5. The minimum atomic E-state index is -0.0641. The number of carbonyl (C=O) groups is 1. The van der Waals surface area contributed by atoms with E-state index >= 15 is 0 Å². The van der Waals surface area contributed by atoms with E-state index in [1.54, 1.807) is 0 Å². The number of rotatable bonds is 3. The summed E-state index contributed by atoms with van der Waals surface area (Å²) in [5, 5.41) is 5.30. The maximum atomic E-state index is 12.5. The number of carbonyl (C=O) groups excluding carboxylic acids is 1. The maximum absolute atomic E-state index is 12.5. The van der Waals surface area contributed by atoms with Gasteiger partial charge in [0.05, 0.1) is 4.58 Å². The van der Waals surface area contributed by atoms with E-state index in [9.17, 15) is 4.79 Å². The lowest BCUT2D eigenvalue weighted by molar-refractivity contribution is 0.102. The Morgan fingerprint density at radius 1 is 0.880 bits per heavy atom. The largest absolute Gasteiger partial charge is 0.322 e. The fourth-order valence-corrected chi connectivity index (χ4v) is 5.84. The zero-order valence-corrected chi connectivity index (χ0v) is 15.4. The van der Waals surface area contributed by atoms with Crippen molar-refractivity contribution in [3.05, 3.63) is 77.9 Å². The lowest BCUT2D eigenvalue weighted by atomic mass is 10.1. The van der Waals surface area contributed by atoms with Gasteiger partial charge in [-0.1, -0.05) is 42.5 Å². The number of amides is 1. The van der Waals surface area contributed by atoms with Crippen LogP contribution >= 0.6 is 23.5 Å². The second kappa shape index (κ2) is 7.54. The van der Waals surface area contributed by atoms with Crippen LogP contribution in [0.3, 0.4) is 0 Å². The van der Waals surface area contributed by atoms with Crippen molar-refractivity contribution in [2.45, 2.75) is 11.0 Å². The van der Waals surface area contributed by atoms with Crippen LogP contribution in [-0.2, 0) is 0 Å². The molecule has 1 fully saturated rings. The molecule has 4 rings (SSSR count). The van der Waals surface area contributed by atoms with Gasteiger partial charge in [0.25, 0.3) is 5.91 Å². The summed E-state index contributed by atoms with van der Waals surface area (Å²) in [6.45, 7) is 0. The van der Waals surface area contributed by atoms with Gasteiger partial charge < -0.3 is 5.32 Å². The minimum absolute atomic E-state index is 0.0641. The average Bonchev–Trinajstić information content (AvgIpc) is 2.69. The topological polar surface area (TPSA) is 29.1 Å². The highest BCUT2D eigenvalue weighted by Crippen LogP contribution is 2.43. The van der Waals surface area contributed by atoms with Gasteiger partial charge in [0.15, 0.2) is 0 Å². The van der Waals surface area contributed by atoms with Crippen LogP contribution in [0.4, 0.5) is 5.69 Å². The van der Waals surface area contributed by atoms with E-state index < -0.39 is 0 Å². The van der Waals surface area contributed by atoms with E-state index in [1.165, 1.54) is 28.9 Å². The smallest absolute Gasteiger partial charge is 0.255 e. The molecule has 0 unspecified atom stereocenters. The third-order valence-corrected chi connectivity index (χ3v) is 7.29. The fraction of sp³-hybridized carbons (Fsp3) is 0.190. The minimum Gasteiger partial charge on any atom is -0.322 e. The van der Waals surface area contributed by atoms with Gasteiger partial charge in [-0.05, 0) is 58.5 Å². The van der Waals surface area contributed by atoms with Crippen LogP contribution in [0.25, 0.3) is 10.8 Å². The summed E-state index contributed by atoms with van der Waals surface area (Å²) < 4.78 is 0.506. The van der Waals surface area contributed by atoms with Gasteiger partial charge in [-0.15, -0.1) is 23.5 Å². The third-order valence-electron chi connectivity index (χ3n) is 4.28. The maximum Gasteiger partial charge on any atom is 0.255 e. The lowest BCUT2D eigenvalue weighted by Crippen LogP contribution is -2.12. The van der Waals surface area contributed by atoms with E-state index in [4.69, 9.17) is 0 Å². The van der Waals surface area contributed by atoms with E-state index in [0.29, 0.717) is 10.1 Å². The molecule has 0 atom stereocenters. The zero-order valence-electron chi connectivity index (χ0n) is 13.8. The molecule has 1 saturated heterocycles. The molecular weight excluding hydrogens is 346 g/mol. The van der Waals surface area contributed by atoms with Gasteiger partial charge in [-0.25, -0.2) is 0 Å². The second-order valence-electron chi connectivity index (χ2n) is 6.07. The molecule has 0 aliphatic carbocycles. The second-order valence-corrected chi connectivity index (χ2v) is 8.79. The zero-order chi connectivity index (χ0) is 17.1. The van der Waals surface area contributed by atoms with Crippen molar-refractivity contribution in [1.29, 1.82) is 0 Å². The molecule has 0 aromatic heterocycles. The highest BCUT2D eigenvalue weighted by Gasteiger charge is 2.17. The molecule has 2 nitrogen and oxygen atoms in total. The summed E-state index contributed by atoms with van der Waals surface area (Å²) in [5.74, 6) is 2.38. The predicted octanol–water partition coefficient (Wildman–Crippen LogP) is 5.96. The molecule has 3 aromatic carbocycles. The predicted molar refractivity (Wildman–Crippen MR) is 111 cm³/mol. The summed E-state index contributed by atoms with van der Waals surface area (Å²) >= 11 is 3.99. The standard InChI is InChI=1S/C21H19NOS2/c23-20(22-19-11-10-15-4-1-2-5-18(15)14-19)16-6-8-17(9-7-16)21-24-12-3-13-25-21/h1-2,4-11,14,21H,3,12-13H2,(H,22,23). The van der Waals surface area contributed by atoms with Crippen LogP contribution in [0, 0.1) is 0 Å². The summed E-state index contributed by atoms with van der Waals surface area (Å²) in [4.78, 5) is 12.5. The summed E-state index contributed by atoms with van der Waals surface area (Å²) in [6, 6.07) is 22.2.